The fourth-order valence-electron chi connectivity index (χ4n) is 3.08. The first-order chi connectivity index (χ1) is 13.9. The molecule has 1 N–H and O–H groups in total. The molecule has 0 aliphatic carbocycles. The monoisotopic (exact) mass is 454 g/mol. The van der Waals surface area contributed by atoms with E-state index in [1.165, 1.54) is 29.2 Å². The van der Waals surface area contributed by atoms with Crippen molar-refractivity contribution in [2.45, 2.75) is 29.1 Å². The molecule has 0 aromatic heterocycles. The molecule has 3 rings (SSSR count). The van der Waals surface area contributed by atoms with Gasteiger partial charge in [-0.2, -0.15) is 4.31 Å². The van der Waals surface area contributed by atoms with Crippen LogP contribution in [0, 0.1) is 0 Å². The van der Waals surface area contributed by atoms with E-state index in [-0.39, 0.29) is 22.3 Å². The molecule has 6 nitrogen and oxygen atoms in total. The van der Waals surface area contributed by atoms with E-state index in [9.17, 15) is 13.2 Å². The minimum absolute atomic E-state index is 0.0741. The largest absolute Gasteiger partial charge is 0.495 e. The SMILES string of the molecule is COc1ccc(NC(=O)CSc2ccc(Cl)cc2)cc1S(=O)(=O)N1CCCCC1. The van der Waals surface area contributed by atoms with E-state index >= 15 is 0 Å². The van der Waals surface area contributed by atoms with Crippen LogP contribution in [0.5, 0.6) is 5.75 Å². The lowest BCUT2D eigenvalue weighted by Crippen LogP contribution is -2.35. The van der Waals surface area contributed by atoms with Crippen LogP contribution in [0.4, 0.5) is 5.69 Å². The van der Waals surface area contributed by atoms with Gasteiger partial charge in [-0.15, -0.1) is 11.8 Å². The number of hydrogen-bond donors (Lipinski definition) is 1. The summed E-state index contributed by atoms with van der Waals surface area (Å²) in [5.74, 6) is 0.238. The van der Waals surface area contributed by atoms with Gasteiger partial charge in [0, 0.05) is 28.7 Å². The molecular weight excluding hydrogens is 432 g/mol. The molecule has 0 unspecified atom stereocenters. The smallest absolute Gasteiger partial charge is 0.246 e. The number of methoxy groups -OCH3 is 1. The number of nitrogens with zero attached hydrogens (tertiary/aromatic N) is 1. The van der Waals surface area contributed by atoms with Gasteiger partial charge in [0.15, 0.2) is 0 Å². The number of ether oxygens (including phenoxy) is 1. The van der Waals surface area contributed by atoms with Gasteiger partial charge in [-0.25, -0.2) is 8.42 Å². The van der Waals surface area contributed by atoms with Crippen molar-refractivity contribution in [1.29, 1.82) is 0 Å². The molecule has 1 heterocycles. The standard InChI is InChI=1S/C20H23ClN2O4S2/c1-27-18-10-7-16(13-19(18)29(25,26)23-11-3-2-4-12-23)22-20(24)14-28-17-8-5-15(21)6-9-17/h5-10,13H,2-4,11-12,14H2,1H3,(H,22,24). The molecule has 1 fully saturated rings. The molecule has 0 radical (unpaired) electrons. The summed E-state index contributed by atoms with van der Waals surface area (Å²) in [4.78, 5) is 13.3. The molecule has 0 spiro atoms. The number of carbonyl (C=O) groups excluding carboxylic acids is 1. The summed E-state index contributed by atoms with van der Waals surface area (Å²) in [7, 11) is -2.25. The first kappa shape index (κ1) is 22.0. The number of hydrogen-bond acceptors (Lipinski definition) is 5. The predicted octanol–water partition coefficient (Wildman–Crippen LogP) is 4.25. The lowest BCUT2D eigenvalue weighted by Gasteiger charge is -2.26. The van der Waals surface area contributed by atoms with Crippen LogP contribution in [0.25, 0.3) is 0 Å². The molecule has 2 aromatic rings. The van der Waals surface area contributed by atoms with Crippen molar-refractivity contribution in [3.63, 3.8) is 0 Å². The molecule has 1 aliphatic heterocycles. The van der Waals surface area contributed by atoms with Crippen LogP contribution in [0.2, 0.25) is 5.02 Å². The first-order valence-electron chi connectivity index (χ1n) is 9.26. The van der Waals surface area contributed by atoms with Crippen molar-refractivity contribution in [3.05, 3.63) is 47.5 Å². The van der Waals surface area contributed by atoms with Crippen LogP contribution < -0.4 is 10.1 Å². The normalized spacial score (nSPS) is 15.1. The second kappa shape index (κ2) is 9.84. The quantitative estimate of drug-likeness (QED) is 0.633. The number of piperidine rings is 1. The highest BCUT2D eigenvalue weighted by Gasteiger charge is 2.29. The van der Waals surface area contributed by atoms with Crippen molar-refractivity contribution < 1.29 is 17.9 Å². The summed E-state index contributed by atoms with van der Waals surface area (Å²) in [6.45, 7) is 1.000. The summed E-state index contributed by atoms with van der Waals surface area (Å²) >= 11 is 7.24. The van der Waals surface area contributed by atoms with E-state index in [2.05, 4.69) is 5.32 Å². The van der Waals surface area contributed by atoms with E-state index in [1.54, 1.807) is 24.3 Å². The van der Waals surface area contributed by atoms with Crippen molar-refractivity contribution in [1.82, 2.24) is 4.31 Å². The van der Waals surface area contributed by atoms with Gasteiger partial charge in [-0.05, 0) is 55.3 Å². The number of amides is 1. The average molecular weight is 455 g/mol. The second-order valence-electron chi connectivity index (χ2n) is 6.62. The third-order valence-corrected chi connectivity index (χ3v) is 7.75. The number of benzene rings is 2. The Hall–Kier alpha value is -1.74. The average Bonchev–Trinajstić information content (AvgIpc) is 2.74. The Labute approximate surface area is 180 Å². The molecule has 9 heteroatoms. The predicted molar refractivity (Wildman–Crippen MR) is 116 cm³/mol. The third-order valence-electron chi connectivity index (χ3n) is 4.56. The molecule has 0 bridgehead atoms. The van der Waals surface area contributed by atoms with Crippen LogP contribution in [-0.2, 0) is 14.8 Å². The number of halogens is 1. The minimum Gasteiger partial charge on any atom is -0.495 e. The molecule has 29 heavy (non-hydrogen) atoms. The summed E-state index contributed by atoms with van der Waals surface area (Å²) in [6, 6.07) is 11.9. The topological polar surface area (TPSA) is 75.7 Å². The molecular formula is C20H23ClN2O4S2. The Balaban J connectivity index is 1.72. The van der Waals surface area contributed by atoms with Gasteiger partial charge in [-0.1, -0.05) is 18.0 Å². The van der Waals surface area contributed by atoms with Crippen LogP contribution in [0.1, 0.15) is 19.3 Å². The first-order valence-corrected chi connectivity index (χ1v) is 12.1. The van der Waals surface area contributed by atoms with E-state index in [0.717, 1.165) is 24.2 Å². The number of anilines is 1. The Morgan fingerprint density at radius 2 is 1.83 bits per heavy atom. The van der Waals surface area contributed by atoms with Crippen LogP contribution in [0.15, 0.2) is 52.3 Å². The van der Waals surface area contributed by atoms with Gasteiger partial charge in [-0.3, -0.25) is 4.79 Å². The van der Waals surface area contributed by atoms with Gasteiger partial charge in [0.25, 0.3) is 0 Å². The number of rotatable bonds is 7. The zero-order chi connectivity index (χ0) is 20.9. The zero-order valence-corrected chi connectivity index (χ0v) is 18.4. The summed E-state index contributed by atoms with van der Waals surface area (Å²) in [5.41, 5.74) is 0.420. The molecule has 156 valence electrons. The summed E-state index contributed by atoms with van der Waals surface area (Å²) < 4.78 is 32.9. The fraction of sp³-hybridized carbons (Fsp3) is 0.350. The van der Waals surface area contributed by atoms with E-state index in [4.69, 9.17) is 16.3 Å². The van der Waals surface area contributed by atoms with Crippen LogP contribution in [0.3, 0.4) is 0 Å². The van der Waals surface area contributed by atoms with Gasteiger partial charge in [0.05, 0.1) is 12.9 Å². The van der Waals surface area contributed by atoms with Crippen LogP contribution >= 0.6 is 23.4 Å². The third kappa shape index (κ3) is 5.66. The molecule has 2 aromatic carbocycles. The van der Waals surface area contributed by atoms with Crippen molar-refractivity contribution in [2.24, 2.45) is 0 Å². The molecule has 0 atom stereocenters. The van der Waals surface area contributed by atoms with E-state index in [1.807, 2.05) is 12.1 Å². The minimum atomic E-state index is -3.68. The second-order valence-corrected chi connectivity index (χ2v) is 10.0. The molecule has 0 saturated carbocycles. The zero-order valence-electron chi connectivity index (χ0n) is 16.1. The van der Waals surface area contributed by atoms with Crippen LogP contribution in [-0.4, -0.2) is 44.6 Å². The summed E-state index contributed by atoms with van der Waals surface area (Å²) in [5, 5.41) is 3.40. The van der Waals surface area contributed by atoms with Crippen molar-refractivity contribution in [2.75, 3.05) is 31.3 Å². The molecule has 1 saturated heterocycles. The highest BCUT2D eigenvalue weighted by molar-refractivity contribution is 8.00. The van der Waals surface area contributed by atoms with E-state index < -0.39 is 10.0 Å². The maximum Gasteiger partial charge on any atom is 0.246 e. The Morgan fingerprint density at radius 1 is 1.14 bits per heavy atom. The van der Waals surface area contributed by atoms with Crippen molar-refractivity contribution >= 4 is 45.0 Å². The highest BCUT2D eigenvalue weighted by Crippen LogP contribution is 2.31. The highest BCUT2D eigenvalue weighted by atomic mass is 35.5. The number of nitrogens with one attached hydrogen (secondary N) is 1. The van der Waals surface area contributed by atoms with E-state index in [0.29, 0.717) is 23.8 Å². The fourth-order valence-corrected chi connectivity index (χ4v) is 5.60. The Bertz CT molecular complexity index is 959. The number of sulfonamides is 1. The van der Waals surface area contributed by atoms with Gasteiger partial charge in [0.2, 0.25) is 15.9 Å². The van der Waals surface area contributed by atoms with Gasteiger partial charge >= 0.3 is 0 Å². The maximum absolute atomic E-state index is 13.1. The lowest BCUT2D eigenvalue weighted by molar-refractivity contribution is -0.113. The summed E-state index contributed by atoms with van der Waals surface area (Å²) in [6.07, 6.45) is 2.73. The molecule has 1 aliphatic rings. The van der Waals surface area contributed by atoms with Crippen molar-refractivity contribution in [3.8, 4) is 5.75 Å². The Morgan fingerprint density at radius 3 is 2.48 bits per heavy atom. The number of carbonyl (C=O) groups is 1. The maximum atomic E-state index is 13.1. The van der Waals surface area contributed by atoms with Gasteiger partial charge < -0.3 is 10.1 Å². The Kier molecular flexibility index (Phi) is 7.45. The van der Waals surface area contributed by atoms with Gasteiger partial charge in [0.1, 0.15) is 10.6 Å². The lowest BCUT2D eigenvalue weighted by atomic mass is 10.2. The number of thioether (sulfide) groups is 1. The molecule has 1 amide bonds.